The van der Waals surface area contributed by atoms with Crippen LogP contribution in [0.15, 0.2) is 24.3 Å². The average Bonchev–Trinajstić information content (AvgIpc) is 2.47. The van der Waals surface area contributed by atoms with Crippen LogP contribution in [0.4, 0.5) is 0 Å². The van der Waals surface area contributed by atoms with Crippen molar-refractivity contribution in [2.24, 2.45) is 0 Å². The smallest absolute Gasteiger partial charge is 0.0589 e. The number of rotatable bonds is 10. The second kappa shape index (κ2) is 9.92. The Morgan fingerprint density at radius 1 is 1.25 bits per heavy atom. The van der Waals surface area contributed by atoms with E-state index in [-0.39, 0.29) is 0 Å². The number of aryl methyl sites for hydroxylation is 1. The summed E-state index contributed by atoms with van der Waals surface area (Å²) in [5.41, 5.74) is 2.78. The molecular weight excluding hydrogens is 248 g/mol. The van der Waals surface area contributed by atoms with Gasteiger partial charge in [-0.2, -0.15) is 0 Å². The van der Waals surface area contributed by atoms with Crippen LogP contribution in [-0.4, -0.2) is 44.8 Å². The lowest BCUT2D eigenvalue weighted by molar-refractivity contribution is 0.144. The number of hydrogen-bond acceptors (Lipinski definition) is 3. The maximum atomic E-state index is 5.20. The van der Waals surface area contributed by atoms with Crippen molar-refractivity contribution in [3.8, 4) is 0 Å². The maximum absolute atomic E-state index is 5.20. The molecule has 1 N–H and O–H groups in total. The van der Waals surface area contributed by atoms with Gasteiger partial charge in [-0.05, 0) is 37.6 Å². The Labute approximate surface area is 124 Å². The van der Waals surface area contributed by atoms with Gasteiger partial charge in [-0.3, -0.25) is 4.90 Å². The van der Waals surface area contributed by atoms with E-state index in [4.69, 9.17) is 4.74 Å². The number of hydrogen-bond donors (Lipinski definition) is 1. The van der Waals surface area contributed by atoms with Crippen molar-refractivity contribution in [2.45, 2.75) is 33.2 Å². The van der Waals surface area contributed by atoms with E-state index in [0.29, 0.717) is 6.04 Å². The highest BCUT2D eigenvalue weighted by Gasteiger charge is 2.16. The second-order valence-corrected chi connectivity index (χ2v) is 5.25. The van der Waals surface area contributed by atoms with E-state index in [1.54, 1.807) is 7.11 Å². The molecule has 1 aromatic rings. The van der Waals surface area contributed by atoms with Crippen LogP contribution in [0.1, 0.15) is 37.4 Å². The molecule has 20 heavy (non-hydrogen) atoms. The fraction of sp³-hybridized carbons (Fsp3) is 0.647. The van der Waals surface area contributed by atoms with E-state index < -0.39 is 0 Å². The normalized spacial score (nSPS) is 12.8. The summed E-state index contributed by atoms with van der Waals surface area (Å²) in [6.07, 6.45) is 1.16. The molecule has 3 nitrogen and oxygen atoms in total. The molecule has 0 aliphatic rings. The summed E-state index contributed by atoms with van der Waals surface area (Å²) in [5, 5.41) is 3.69. The molecule has 0 saturated carbocycles. The second-order valence-electron chi connectivity index (χ2n) is 5.25. The number of benzene rings is 1. The van der Waals surface area contributed by atoms with Gasteiger partial charge in [-0.25, -0.2) is 0 Å². The molecule has 0 aliphatic heterocycles. The van der Waals surface area contributed by atoms with Crippen LogP contribution in [0.3, 0.4) is 0 Å². The predicted molar refractivity (Wildman–Crippen MR) is 86.2 cm³/mol. The largest absolute Gasteiger partial charge is 0.383 e. The SMILES string of the molecule is CCCNC(CN(CC)CCOC)c1ccccc1C. The molecule has 0 bridgehead atoms. The lowest BCUT2D eigenvalue weighted by Crippen LogP contribution is -2.37. The first kappa shape index (κ1) is 17.2. The first-order chi connectivity index (χ1) is 9.72. The third-order valence-corrected chi connectivity index (χ3v) is 3.70. The number of nitrogens with one attached hydrogen (secondary N) is 1. The van der Waals surface area contributed by atoms with Gasteiger partial charge < -0.3 is 10.1 Å². The summed E-state index contributed by atoms with van der Waals surface area (Å²) in [7, 11) is 1.77. The van der Waals surface area contributed by atoms with Crippen LogP contribution in [0.25, 0.3) is 0 Å². The zero-order valence-electron chi connectivity index (χ0n) is 13.5. The van der Waals surface area contributed by atoms with Gasteiger partial charge in [0.05, 0.1) is 6.61 Å². The standard InChI is InChI=1S/C17H30N2O/c1-5-11-18-17(14-19(6-2)12-13-20-4)16-10-8-7-9-15(16)3/h7-10,17-18H,5-6,11-14H2,1-4H3. The van der Waals surface area contributed by atoms with Gasteiger partial charge in [-0.15, -0.1) is 0 Å². The minimum absolute atomic E-state index is 0.396. The fourth-order valence-corrected chi connectivity index (χ4v) is 2.43. The Bertz CT molecular complexity index is 368. The Morgan fingerprint density at radius 3 is 2.60 bits per heavy atom. The van der Waals surface area contributed by atoms with Crippen LogP contribution in [-0.2, 0) is 4.74 Å². The number of likely N-dealkylation sites (N-methyl/N-ethyl adjacent to an activating group) is 1. The van der Waals surface area contributed by atoms with E-state index in [9.17, 15) is 0 Å². The molecule has 0 fully saturated rings. The number of methoxy groups -OCH3 is 1. The quantitative estimate of drug-likeness (QED) is 0.712. The van der Waals surface area contributed by atoms with Crippen molar-refractivity contribution in [1.29, 1.82) is 0 Å². The minimum Gasteiger partial charge on any atom is -0.383 e. The van der Waals surface area contributed by atoms with Crippen LogP contribution >= 0.6 is 0 Å². The van der Waals surface area contributed by atoms with Gasteiger partial charge in [0.25, 0.3) is 0 Å². The molecule has 0 heterocycles. The summed E-state index contributed by atoms with van der Waals surface area (Å²) < 4.78 is 5.20. The predicted octanol–water partition coefficient (Wildman–Crippen LogP) is 3.00. The molecule has 0 spiro atoms. The van der Waals surface area contributed by atoms with E-state index in [1.165, 1.54) is 11.1 Å². The minimum atomic E-state index is 0.396. The first-order valence-electron chi connectivity index (χ1n) is 7.73. The van der Waals surface area contributed by atoms with Crippen molar-refractivity contribution < 1.29 is 4.74 Å². The summed E-state index contributed by atoms with van der Waals surface area (Å²) in [5.74, 6) is 0. The highest BCUT2D eigenvalue weighted by atomic mass is 16.5. The van der Waals surface area contributed by atoms with E-state index in [2.05, 4.69) is 55.3 Å². The Hall–Kier alpha value is -0.900. The van der Waals surface area contributed by atoms with Gasteiger partial charge in [-0.1, -0.05) is 38.1 Å². The highest BCUT2D eigenvalue weighted by molar-refractivity contribution is 5.29. The van der Waals surface area contributed by atoms with Gasteiger partial charge in [0.15, 0.2) is 0 Å². The highest BCUT2D eigenvalue weighted by Crippen LogP contribution is 2.18. The molecule has 114 valence electrons. The molecule has 1 unspecified atom stereocenters. The summed E-state index contributed by atoms with van der Waals surface area (Å²) >= 11 is 0. The number of nitrogens with zero attached hydrogens (tertiary/aromatic N) is 1. The van der Waals surface area contributed by atoms with Crippen LogP contribution < -0.4 is 5.32 Å². The molecule has 0 radical (unpaired) electrons. The van der Waals surface area contributed by atoms with Crippen LogP contribution in [0, 0.1) is 6.92 Å². The van der Waals surface area contributed by atoms with Crippen molar-refractivity contribution in [3.63, 3.8) is 0 Å². The van der Waals surface area contributed by atoms with Crippen molar-refractivity contribution >= 4 is 0 Å². The third kappa shape index (κ3) is 5.61. The monoisotopic (exact) mass is 278 g/mol. The molecular formula is C17H30N2O. The third-order valence-electron chi connectivity index (χ3n) is 3.70. The Balaban J connectivity index is 2.75. The number of ether oxygens (including phenoxy) is 1. The van der Waals surface area contributed by atoms with Gasteiger partial charge in [0.2, 0.25) is 0 Å². The van der Waals surface area contributed by atoms with Gasteiger partial charge >= 0.3 is 0 Å². The van der Waals surface area contributed by atoms with Crippen LogP contribution in [0.2, 0.25) is 0 Å². The molecule has 1 aromatic carbocycles. The topological polar surface area (TPSA) is 24.5 Å². The molecule has 0 aliphatic carbocycles. The van der Waals surface area contributed by atoms with Crippen LogP contribution in [0.5, 0.6) is 0 Å². The summed E-state index contributed by atoms with van der Waals surface area (Å²) in [6, 6.07) is 9.08. The van der Waals surface area contributed by atoms with Crippen molar-refractivity contribution in [1.82, 2.24) is 10.2 Å². The molecule has 0 saturated heterocycles. The molecule has 1 rings (SSSR count). The lowest BCUT2D eigenvalue weighted by Gasteiger charge is -2.28. The fourth-order valence-electron chi connectivity index (χ4n) is 2.43. The van der Waals surface area contributed by atoms with E-state index in [1.807, 2.05) is 0 Å². The Morgan fingerprint density at radius 2 is 2.00 bits per heavy atom. The molecule has 3 heteroatoms. The molecule has 1 atom stereocenters. The lowest BCUT2D eigenvalue weighted by atomic mass is 10.0. The average molecular weight is 278 g/mol. The van der Waals surface area contributed by atoms with Gasteiger partial charge in [0.1, 0.15) is 0 Å². The summed E-state index contributed by atoms with van der Waals surface area (Å²) in [4.78, 5) is 2.45. The zero-order valence-corrected chi connectivity index (χ0v) is 13.5. The van der Waals surface area contributed by atoms with Crippen molar-refractivity contribution in [3.05, 3.63) is 35.4 Å². The van der Waals surface area contributed by atoms with E-state index in [0.717, 1.165) is 39.2 Å². The maximum Gasteiger partial charge on any atom is 0.0589 e. The van der Waals surface area contributed by atoms with E-state index >= 15 is 0 Å². The molecule has 0 aromatic heterocycles. The summed E-state index contributed by atoms with van der Waals surface area (Å²) in [6.45, 7) is 11.5. The first-order valence-corrected chi connectivity index (χ1v) is 7.73. The molecule has 0 amide bonds. The van der Waals surface area contributed by atoms with Crippen molar-refractivity contribution in [2.75, 3.05) is 39.9 Å². The Kier molecular flexibility index (Phi) is 8.51. The van der Waals surface area contributed by atoms with Gasteiger partial charge in [0, 0.05) is 26.2 Å². The zero-order chi connectivity index (χ0) is 14.8.